The average molecular weight is 369 g/mol. The first-order chi connectivity index (χ1) is 11.9. The lowest BCUT2D eigenvalue weighted by Gasteiger charge is -2.30. The topological polar surface area (TPSA) is 116 Å². The third-order valence-electron chi connectivity index (χ3n) is 4.12. The average Bonchev–Trinajstić information content (AvgIpc) is 2.61. The molecule has 0 spiro atoms. The summed E-state index contributed by atoms with van der Waals surface area (Å²) in [6, 6.07) is 8.81. The highest BCUT2D eigenvalue weighted by molar-refractivity contribution is 7.89. The molecule has 8 nitrogen and oxygen atoms in total. The summed E-state index contributed by atoms with van der Waals surface area (Å²) < 4.78 is 26.4. The van der Waals surface area contributed by atoms with Gasteiger partial charge in [0.2, 0.25) is 10.0 Å². The Morgan fingerprint density at radius 3 is 2.40 bits per heavy atom. The number of sulfonamides is 1. The zero-order valence-corrected chi connectivity index (χ0v) is 14.7. The molecule has 1 aliphatic rings. The maximum Gasteiger partial charge on any atom is 0.317 e. The van der Waals surface area contributed by atoms with Crippen molar-refractivity contribution in [2.75, 3.05) is 25.4 Å². The fourth-order valence-electron chi connectivity index (χ4n) is 2.59. The van der Waals surface area contributed by atoms with Crippen LogP contribution in [0.5, 0.6) is 0 Å². The molecule has 1 saturated heterocycles. The van der Waals surface area contributed by atoms with Gasteiger partial charge in [-0.15, -0.1) is 0 Å². The van der Waals surface area contributed by atoms with Gasteiger partial charge in [0.25, 0.3) is 0 Å². The Morgan fingerprint density at radius 2 is 1.80 bits per heavy atom. The molecule has 0 saturated carbocycles. The lowest BCUT2D eigenvalue weighted by molar-refractivity contribution is -0.143. The Hall–Kier alpha value is -2.13. The predicted molar refractivity (Wildman–Crippen MR) is 92.4 cm³/mol. The molecule has 138 valence electrons. The second kappa shape index (κ2) is 8.82. The molecular formula is C16H23N3O5S. The van der Waals surface area contributed by atoms with Gasteiger partial charge in [-0.25, -0.2) is 17.9 Å². The monoisotopic (exact) mass is 369 g/mol. The maximum atomic E-state index is 12.0. The summed E-state index contributed by atoms with van der Waals surface area (Å²) >= 11 is 0. The molecule has 0 aliphatic carbocycles. The molecule has 25 heavy (non-hydrogen) atoms. The van der Waals surface area contributed by atoms with E-state index in [1.807, 2.05) is 30.3 Å². The minimum atomic E-state index is -3.49. The van der Waals surface area contributed by atoms with Gasteiger partial charge in [-0.1, -0.05) is 30.3 Å². The smallest absolute Gasteiger partial charge is 0.317 e. The maximum absolute atomic E-state index is 12.0. The van der Waals surface area contributed by atoms with Gasteiger partial charge in [-0.2, -0.15) is 0 Å². The van der Waals surface area contributed by atoms with Gasteiger partial charge in [-0.3, -0.25) is 4.79 Å². The lowest BCUT2D eigenvalue weighted by Crippen LogP contribution is -2.46. The number of carboxylic acids is 1. The van der Waals surface area contributed by atoms with Crippen molar-refractivity contribution in [2.45, 2.75) is 19.4 Å². The molecule has 1 heterocycles. The normalized spacial score (nSPS) is 15.8. The van der Waals surface area contributed by atoms with Crippen molar-refractivity contribution in [2.24, 2.45) is 5.92 Å². The molecule has 2 rings (SSSR count). The number of urea groups is 1. The van der Waals surface area contributed by atoms with Crippen molar-refractivity contribution < 1.29 is 23.1 Å². The number of rotatable bonds is 7. The van der Waals surface area contributed by atoms with Crippen LogP contribution >= 0.6 is 0 Å². The van der Waals surface area contributed by atoms with Gasteiger partial charge in [0, 0.05) is 26.2 Å². The number of amides is 2. The number of carboxylic acid groups (broad SMARTS) is 1. The van der Waals surface area contributed by atoms with Crippen molar-refractivity contribution in [3.8, 4) is 0 Å². The first-order valence-corrected chi connectivity index (χ1v) is 9.79. The van der Waals surface area contributed by atoms with Crippen molar-refractivity contribution >= 4 is 22.0 Å². The number of carbonyl (C=O) groups is 2. The Morgan fingerprint density at radius 1 is 1.16 bits per heavy atom. The van der Waals surface area contributed by atoms with E-state index in [1.165, 1.54) is 4.90 Å². The fourth-order valence-corrected chi connectivity index (χ4v) is 3.50. The van der Waals surface area contributed by atoms with Crippen LogP contribution in [0.15, 0.2) is 30.3 Å². The van der Waals surface area contributed by atoms with Crippen LogP contribution in [0.25, 0.3) is 0 Å². The van der Waals surface area contributed by atoms with E-state index >= 15 is 0 Å². The first-order valence-electron chi connectivity index (χ1n) is 8.14. The molecule has 0 atom stereocenters. The molecule has 1 fully saturated rings. The number of nitrogens with zero attached hydrogens (tertiary/aromatic N) is 1. The second-order valence-corrected chi connectivity index (χ2v) is 7.88. The molecular weight excluding hydrogens is 346 g/mol. The number of likely N-dealkylation sites (tertiary alicyclic amines) is 1. The largest absolute Gasteiger partial charge is 0.481 e. The molecule has 9 heteroatoms. The summed E-state index contributed by atoms with van der Waals surface area (Å²) in [7, 11) is -3.49. The Labute approximate surface area is 147 Å². The number of hydrogen-bond donors (Lipinski definition) is 3. The number of nitrogens with one attached hydrogen (secondary N) is 2. The zero-order chi connectivity index (χ0) is 18.3. The van der Waals surface area contributed by atoms with E-state index in [9.17, 15) is 18.0 Å². The number of hydrogen-bond acceptors (Lipinski definition) is 4. The summed E-state index contributed by atoms with van der Waals surface area (Å²) in [5, 5.41) is 11.5. The predicted octanol–water partition coefficient (Wildman–Crippen LogP) is 0.612. The van der Waals surface area contributed by atoms with Crippen LogP contribution in [0.3, 0.4) is 0 Å². The molecule has 0 unspecified atom stereocenters. The molecule has 3 N–H and O–H groups in total. The molecule has 0 radical (unpaired) electrons. The van der Waals surface area contributed by atoms with E-state index in [2.05, 4.69) is 10.0 Å². The minimum absolute atomic E-state index is 0.00180. The van der Waals surface area contributed by atoms with E-state index in [-0.39, 0.29) is 24.9 Å². The standard InChI is InChI=1S/C16H23N3O5S/c20-15(21)14-6-9-19(10-7-14)16(22)17-8-11-25(23,24)18-12-13-4-2-1-3-5-13/h1-5,14,18H,6-12H2,(H,17,22)(H,20,21). The Kier molecular flexibility index (Phi) is 6.77. The number of carbonyl (C=O) groups excluding carboxylic acids is 1. The van der Waals surface area contributed by atoms with Gasteiger partial charge in [0.05, 0.1) is 11.7 Å². The number of benzene rings is 1. The molecule has 1 aliphatic heterocycles. The quantitative estimate of drug-likeness (QED) is 0.651. The van der Waals surface area contributed by atoms with Crippen LogP contribution in [0.2, 0.25) is 0 Å². The van der Waals surface area contributed by atoms with Gasteiger partial charge in [-0.05, 0) is 18.4 Å². The minimum Gasteiger partial charge on any atom is -0.481 e. The van der Waals surface area contributed by atoms with Crippen molar-refractivity contribution in [3.63, 3.8) is 0 Å². The van der Waals surface area contributed by atoms with Crippen LogP contribution in [0, 0.1) is 5.92 Å². The number of piperidine rings is 1. The Bertz CT molecular complexity index is 685. The van der Waals surface area contributed by atoms with Crippen molar-refractivity contribution in [1.82, 2.24) is 14.9 Å². The SMILES string of the molecule is O=C(O)C1CCN(C(=O)NCCS(=O)(=O)NCc2ccccc2)CC1. The van der Waals surface area contributed by atoms with Crippen LogP contribution in [-0.2, 0) is 21.4 Å². The molecule has 1 aromatic carbocycles. The molecule has 1 aromatic rings. The van der Waals surface area contributed by atoms with E-state index < -0.39 is 21.9 Å². The highest BCUT2D eigenvalue weighted by Crippen LogP contribution is 2.17. The van der Waals surface area contributed by atoms with Gasteiger partial charge >= 0.3 is 12.0 Å². The lowest BCUT2D eigenvalue weighted by atomic mass is 9.97. The van der Waals surface area contributed by atoms with Crippen LogP contribution in [0.4, 0.5) is 4.79 Å². The summed E-state index contributed by atoms with van der Waals surface area (Å²) in [5.41, 5.74) is 0.858. The van der Waals surface area contributed by atoms with Crippen LogP contribution in [0.1, 0.15) is 18.4 Å². The number of aliphatic carboxylic acids is 1. The summed E-state index contributed by atoms with van der Waals surface area (Å²) in [4.78, 5) is 24.4. The summed E-state index contributed by atoms with van der Waals surface area (Å²) in [5.74, 6) is -1.46. The Balaban J connectivity index is 1.69. The first kappa shape index (κ1) is 19.2. The second-order valence-electron chi connectivity index (χ2n) is 5.96. The zero-order valence-electron chi connectivity index (χ0n) is 13.8. The third-order valence-corrected chi connectivity index (χ3v) is 5.44. The van der Waals surface area contributed by atoms with E-state index in [0.29, 0.717) is 25.9 Å². The molecule has 0 aromatic heterocycles. The van der Waals surface area contributed by atoms with E-state index in [4.69, 9.17) is 5.11 Å². The van der Waals surface area contributed by atoms with Crippen LogP contribution in [-0.4, -0.2) is 55.8 Å². The van der Waals surface area contributed by atoms with Crippen molar-refractivity contribution in [3.05, 3.63) is 35.9 Å². The van der Waals surface area contributed by atoms with E-state index in [1.54, 1.807) is 0 Å². The summed E-state index contributed by atoms with van der Waals surface area (Å²) in [6.07, 6.45) is 0.833. The molecule has 2 amide bonds. The van der Waals surface area contributed by atoms with E-state index in [0.717, 1.165) is 5.56 Å². The summed E-state index contributed by atoms with van der Waals surface area (Å²) in [6.45, 7) is 0.936. The highest BCUT2D eigenvalue weighted by Gasteiger charge is 2.26. The van der Waals surface area contributed by atoms with Gasteiger partial charge < -0.3 is 15.3 Å². The van der Waals surface area contributed by atoms with Crippen LogP contribution < -0.4 is 10.0 Å². The fraction of sp³-hybridized carbons (Fsp3) is 0.500. The van der Waals surface area contributed by atoms with Gasteiger partial charge in [0.1, 0.15) is 0 Å². The third kappa shape index (κ3) is 6.35. The van der Waals surface area contributed by atoms with Gasteiger partial charge in [0.15, 0.2) is 0 Å². The molecule has 0 bridgehead atoms. The van der Waals surface area contributed by atoms with Crippen molar-refractivity contribution in [1.29, 1.82) is 0 Å². The highest BCUT2D eigenvalue weighted by atomic mass is 32.2.